The first-order valence-electron chi connectivity index (χ1n) is 9.44. The molecule has 1 nitrogen and oxygen atoms in total. The lowest BCUT2D eigenvalue weighted by atomic mass is 9.75. The molecule has 0 aliphatic heterocycles. The molecule has 0 amide bonds. The van der Waals surface area contributed by atoms with Crippen molar-refractivity contribution in [1.29, 1.82) is 0 Å². The average molecular weight is 347 g/mol. The molecule has 26 heavy (non-hydrogen) atoms. The maximum Gasteiger partial charge on any atom is 0.127 e. The summed E-state index contributed by atoms with van der Waals surface area (Å²) in [5.74, 6) is 0.767. The normalized spacial score (nSPS) is 18.0. The fourth-order valence-corrected chi connectivity index (χ4v) is 4.27. The maximum absolute atomic E-state index is 11.3. The van der Waals surface area contributed by atoms with E-state index in [0.717, 1.165) is 11.1 Å². The first-order chi connectivity index (χ1) is 12.2. The zero-order valence-electron chi connectivity index (χ0n) is 17.1. The van der Waals surface area contributed by atoms with E-state index in [-0.39, 0.29) is 5.41 Å². The van der Waals surface area contributed by atoms with Gasteiger partial charge in [0.05, 0.1) is 0 Å². The molecule has 0 saturated heterocycles. The fraction of sp³-hybridized carbons (Fsp3) is 0.360. The largest absolute Gasteiger partial charge is 0.507 e. The molecule has 0 spiro atoms. The number of rotatable bonds is 3. The molecule has 1 aliphatic carbocycles. The standard InChI is InChI=1S/C25H30O/c1-15-13-21(23-18(4)16(2)17(3)19(23)5)24(26)22(14-15)25(6,7)20-11-9-8-10-12-20/h8-14,18,26H,1-7H3. The predicted molar refractivity (Wildman–Crippen MR) is 112 cm³/mol. The van der Waals surface area contributed by atoms with Crippen LogP contribution in [0.4, 0.5) is 0 Å². The van der Waals surface area contributed by atoms with E-state index in [0.29, 0.717) is 11.7 Å². The highest BCUT2D eigenvalue weighted by atomic mass is 16.3. The van der Waals surface area contributed by atoms with Crippen LogP contribution in [0.3, 0.4) is 0 Å². The lowest BCUT2D eigenvalue weighted by Gasteiger charge is -2.29. The number of allylic oxidation sites excluding steroid dienone is 4. The second-order valence-electron chi connectivity index (χ2n) is 8.27. The van der Waals surface area contributed by atoms with E-state index in [2.05, 4.69) is 84.9 Å². The number of aryl methyl sites for hydroxylation is 1. The quantitative estimate of drug-likeness (QED) is 0.649. The number of phenols is 1. The third-order valence-corrected chi connectivity index (χ3v) is 6.35. The predicted octanol–water partition coefficient (Wildman–Crippen LogP) is 6.79. The molecule has 1 N–H and O–H groups in total. The summed E-state index contributed by atoms with van der Waals surface area (Å²) in [6.07, 6.45) is 0. The Morgan fingerprint density at radius 3 is 2.04 bits per heavy atom. The van der Waals surface area contributed by atoms with Crippen molar-refractivity contribution in [2.24, 2.45) is 5.92 Å². The van der Waals surface area contributed by atoms with Crippen LogP contribution in [-0.2, 0) is 5.41 Å². The molecule has 0 heterocycles. The third kappa shape index (κ3) is 2.80. The van der Waals surface area contributed by atoms with Gasteiger partial charge >= 0.3 is 0 Å². The zero-order valence-corrected chi connectivity index (χ0v) is 17.1. The molecule has 3 rings (SSSR count). The average Bonchev–Trinajstić information content (AvgIpc) is 2.81. The van der Waals surface area contributed by atoms with Crippen molar-refractivity contribution in [3.05, 3.63) is 81.4 Å². The van der Waals surface area contributed by atoms with Crippen molar-refractivity contribution in [1.82, 2.24) is 0 Å². The highest BCUT2D eigenvalue weighted by Crippen LogP contribution is 2.48. The Morgan fingerprint density at radius 1 is 0.885 bits per heavy atom. The molecule has 1 atom stereocenters. The number of benzene rings is 2. The van der Waals surface area contributed by atoms with Gasteiger partial charge in [-0.2, -0.15) is 0 Å². The minimum Gasteiger partial charge on any atom is -0.507 e. The van der Waals surface area contributed by atoms with Crippen LogP contribution < -0.4 is 0 Å². The summed E-state index contributed by atoms with van der Waals surface area (Å²) in [6.45, 7) is 15.3. The summed E-state index contributed by atoms with van der Waals surface area (Å²) >= 11 is 0. The van der Waals surface area contributed by atoms with Crippen LogP contribution in [0.5, 0.6) is 5.75 Å². The molecule has 2 aromatic rings. The Hall–Kier alpha value is -2.28. The van der Waals surface area contributed by atoms with Crippen LogP contribution in [0.15, 0.2) is 59.2 Å². The van der Waals surface area contributed by atoms with Crippen molar-refractivity contribution in [3.8, 4) is 5.75 Å². The zero-order chi connectivity index (χ0) is 19.2. The monoisotopic (exact) mass is 346 g/mol. The van der Waals surface area contributed by atoms with E-state index in [4.69, 9.17) is 0 Å². The molecule has 136 valence electrons. The van der Waals surface area contributed by atoms with Crippen LogP contribution in [0.1, 0.15) is 63.8 Å². The molecule has 0 fully saturated rings. The molecule has 0 aromatic heterocycles. The van der Waals surface area contributed by atoms with Gasteiger partial charge in [-0.1, -0.05) is 62.7 Å². The minimum atomic E-state index is -0.264. The molecule has 1 unspecified atom stereocenters. The number of hydrogen-bond acceptors (Lipinski definition) is 1. The summed E-state index contributed by atoms with van der Waals surface area (Å²) in [7, 11) is 0. The number of aromatic hydroxyl groups is 1. The third-order valence-electron chi connectivity index (χ3n) is 6.35. The number of hydrogen-bond donors (Lipinski definition) is 1. The second-order valence-corrected chi connectivity index (χ2v) is 8.27. The first kappa shape index (κ1) is 18.5. The van der Waals surface area contributed by atoms with Gasteiger partial charge in [-0.05, 0) is 61.6 Å². The minimum absolute atomic E-state index is 0.264. The summed E-state index contributed by atoms with van der Waals surface area (Å²) in [5.41, 5.74) is 9.46. The van der Waals surface area contributed by atoms with E-state index >= 15 is 0 Å². The Labute approximate surface area is 158 Å². The summed E-state index contributed by atoms with van der Waals surface area (Å²) < 4.78 is 0. The number of phenolic OH excluding ortho intramolecular Hbond substituents is 1. The van der Waals surface area contributed by atoms with Crippen LogP contribution in [-0.4, -0.2) is 5.11 Å². The lowest BCUT2D eigenvalue weighted by molar-refractivity contribution is 0.450. The topological polar surface area (TPSA) is 20.2 Å². The SMILES string of the molecule is CC1=C(C)C(C)C(c2cc(C)cc(C(C)(C)c3ccccc3)c2O)=C1C. The van der Waals surface area contributed by atoms with Crippen LogP contribution in [0, 0.1) is 12.8 Å². The smallest absolute Gasteiger partial charge is 0.127 e. The molecule has 2 aromatic carbocycles. The summed E-state index contributed by atoms with van der Waals surface area (Å²) in [5, 5.41) is 11.3. The van der Waals surface area contributed by atoms with E-state index in [1.165, 1.54) is 33.4 Å². The Bertz CT molecular complexity index is 911. The molecular formula is C25H30O. The Kier molecular flexibility index (Phi) is 4.60. The van der Waals surface area contributed by atoms with Gasteiger partial charge in [0.1, 0.15) is 5.75 Å². The molecule has 1 aliphatic rings. The summed E-state index contributed by atoms with van der Waals surface area (Å²) in [4.78, 5) is 0. The van der Waals surface area contributed by atoms with Crippen LogP contribution >= 0.6 is 0 Å². The highest BCUT2D eigenvalue weighted by Gasteiger charge is 2.31. The maximum atomic E-state index is 11.3. The van der Waals surface area contributed by atoms with E-state index in [1.54, 1.807) is 0 Å². The van der Waals surface area contributed by atoms with E-state index in [1.807, 2.05) is 6.07 Å². The first-order valence-corrected chi connectivity index (χ1v) is 9.44. The molecule has 1 heteroatoms. The second kappa shape index (κ2) is 6.46. The van der Waals surface area contributed by atoms with Gasteiger partial charge in [-0.3, -0.25) is 0 Å². The van der Waals surface area contributed by atoms with Gasteiger partial charge in [0.15, 0.2) is 0 Å². The van der Waals surface area contributed by atoms with Crippen molar-refractivity contribution >= 4 is 5.57 Å². The molecule has 0 saturated carbocycles. The highest BCUT2D eigenvalue weighted by molar-refractivity contribution is 5.83. The van der Waals surface area contributed by atoms with Crippen LogP contribution in [0.2, 0.25) is 0 Å². The lowest BCUT2D eigenvalue weighted by Crippen LogP contribution is -2.20. The van der Waals surface area contributed by atoms with Gasteiger partial charge in [-0.15, -0.1) is 0 Å². The molecule has 0 bridgehead atoms. The van der Waals surface area contributed by atoms with Crippen LogP contribution in [0.25, 0.3) is 5.57 Å². The van der Waals surface area contributed by atoms with Gasteiger partial charge in [0, 0.05) is 22.5 Å². The summed E-state index contributed by atoms with van der Waals surface area (Å²) in [6, 6.07) is 14.7. The van der Waals surface area contributed by atoms with E-state index in [9.17, 15) is 5.11 Å². The Balaban J connectivity index is 2.21. The van der Waals surface area contributed by atoms with E-state index < -0.39 is 0 Å². The van der Waals surface area contributed by atoms with Crippen molar-refractivity contribution in [2.75, 3.05) is 0 Å². The van der Waals surface area contributed by atoms with Crippen molar-refractivity contribution in [2.45, 2.75) is 53.9 Å². The fourth-order valence-electron chi connectivity index (χ4n) is 4.27. The van der Waals surface area contributed by atoms with Gasteiger partial charge in [0.2, 0.25) is 0 Å². The van der Waals surface area contributed by atoms with Crippen molar-refractivity contribution < 1.29 is 5.11 Å². The molecular weight excluding hydrogens is 316 g/mol. The van der Waals surface area contributed by atoms with Gasteiger partial charge in [-0.25, -0.2) is 0 Å². The molecule has 0 radical (unpaired) electrons. The van der Waals surface area contributed by atoms with Gasteiger partial charge in [0.25, 0.3) is 0 Å². The van der Waals surface area contributed by atoms with Crippen molar-refractivity contribution in [3.63, 3.8) is 0 Å². The Morgan fingerprint density at radius 2 is 1.50 bits per heavy atom. The van der Waals surface area contributed by atoms with Gasteiger partial charge < -0.3 is 5.11 Å².